The van der Waals surface area contributed by atoms with Crippen molar-refractivity contribution in [2.45, 2.75) is 61.7 Å². The van der Waals surface area contributed by atoms with Crippen molar-refractivity contribution < 1.29 is 18.7 Å². The molecule has 1 aliphatic carbocycles. The summed E-state index contributed by atoms with van der Waals surface area (Å²) < 4.78 is 21.0. The molecule has 2 atom stereocenters. The van der Waals surface area contributed by atoms with Crippen LogP contribution in [0.5, 0.6) is 0 Å². The molecule has 1 aromatic heterocycles. The lowest BCUT2D eigenvalue weighted by Crippen LogP contribution is -2.38. The number of aryl methyl sites for hydroxylation is 1. The number of aromatic nitrogens is 2. The largest absolute Gasteiger partial charge is 0.444 e. The van der Waals surface area contributed by atoms with Crippen LogP contribution in [-0.2, 0) is 16.6 Å². The van der Waals surface area contributed by atoms with E-state index in [4.69, 9.17) is 4.74 Å². The number of rotatable bonds is 5. The highest BCUT2D eigenvalue weighted by Crippen LogP contribution is 2.34. The summed E-state index contributed by atoms with van der Waals surface area (Å²) in [6, 6.07) is 4.18. The quantitative estimate of drug-likeness (QED) is 0.731. The molecule has 1 fully saturated rings. The summed E-state index contributed by atoms with van der Waals surface area (Å²) in [5, 5.41) is 6.42. The number of hydrogen-bond acceptors (Lipinski definition) is 5. The highest BCUT2D eigenvalue weighted by atomic mass is 32.2. The SMILES string of the molecule is Cn1ccnc1Sc1ccc(F)cc1NC(=O)[C@H]1CC[C@H](NC(=O)OC(C)(C)C)C1. The maximum absolute atomic E-state index is 13.8. The fourth-order valence-electron chi connectivity index (χ4n) is 3.30. The highest BCUT2D eigenvalue weighted by Gasteiger charge is 2.32. The van der Waals surface area contributed by atoms with Crippen LogP contribution < -0.4 is 10.6 Å². The van der Waals surface area contributed by atoms with E-state index >= 15 is 0 Å². The minimum absolute atomic E-state index is 0.121. The number of benzene rings is 1. The molecule has 1 aromatic carbocycles. The van der Waals surface area contributed by atoms with Crippen LogP contribution in [0, 0.1) is 11.7 Å². The molecule has 30 heavy (non-hydrogen) atoms. The Kier molecular flexibility index (Phi) is 6.70. The predicted octanol–water partition coefficient (Wildman–Crippen LogP) is 4.34. The minimum Gasteiger partial charge on any atom is -0.444 e. The molecule has 0 bridgehead atoms. The van der Waals surface area contributed by atoms with Crippen molar-refractivity contribution in [1.82, 2.24) is 14.9 Å². The molecule has 0 spiro atoms. The Bertz CT molecular complexity index is 925. The number of nitrogens with one attached hydrogen (secondary N) is 2. The number of alkyl carbamates (subject to hydrolysis) is 1. The van der Waals surface area contributed by atoms with Crippen molar-refractivity contribution in [2.75, 3.05) is 5.32 Å². The number of carbonyl (C=O) groups excluding carboxylic acids is 2. The zero-order valence-electron chi connectivity index (χ0n) is 17.6. The molecule has 1 aliphatic rings. The van der Waals surface area contributed by atoms with Crippen molar-refractivity contribution in [1.29, 1.82) is 0 Å². The van der Waals surface area contributed by atoms with Crippen molar-refractivity contribution in [3.05, 3.63) is 36.4 Å². The topological polar surface area (TPSA) is 85.3 Å². The standard InChI is InChI=1S/C21H27FN4O3S/c1-21(2,3)29-20(28)24-15-7-5-13(11-15)18(27)25-16-12-14(22)6-8-17(16)30-19-23-9-10-26(19)4/h6,8-10,12-13,15H,5,7,11H2,1-4H3,(H,24,28)(H,25,27)/t13-,15-/m0/s1. The summed E-state index contributed by atoms with van der Waals surface area (Å²) >= 11 is 1.35. The van der Waals surface area contributed by atoms with Gasteiger partial charge in [0.25, 0.3) is 0 Å². The number of amides is 2. The third-order valence-electron chi connectivity index (χ3n) is 4.70. The molecular weight excluding hydrogens is 407 g/mol. The number of halogens is 1. The van der Waals surface area contributed by atoms with Gasteiger partial charge in [-0.1, -0.05) is 0 Å². The molecule has 7 nitrogen and oxygen atoms in total. The second-order valence-corrected chi connectivity index (χ2v) is 9.41. The molecule has 0 radical (unpaired) electrons. The third-order valence-corrected chi connectivity index (χ3v) is 5.85. The van der Waals surface area contributed by atoms with E-state index in [0.29, 0.717) is 29.8 Å². The molecule has 1 saturated carbocycles. The molecule has 0 aliphatic heterocycles. The lowest BCUT2D eigenvalue weighted by molar-refractivity contribution is -0.119. The fraction of sp³-hybridized carbons (Fsp3) is 0.476. The van der Waals surface area contributed by atoms with Crippen LogP contribution in [0.3, 0.4) is 0 Å². The maximum Gasteiger partial charge on any atom is 0.407 e. The van der Waals surface area contributed by atoms with Gasteiger partial charge in [0, 0.05) is 36.3 Å². The zero-order valence-corrected chi connectivity index (χ0v) is 18.4. The minimum atomic E-state index is -0.571. The molecule has 9 heteroatoms. The van der Waals surface area contributed by atoms with E-state index in [0.717, 1.165) is 5.16 Å². The summed E-state index contributed by atoms with van der Waals surface area (Å²) in [5.74, 6) is -0.875. The van der Waals surface area contributed by atoms with Gasteiger partial charge in [0.05, 0.1) is 5.69 Å². The van der Waals surface area contributed by atoms with Crippen molar-refractivity contribution in [3.8, 4) is 0 Å². The van der Waals surface area contributed by atoms with Gasteiger partial charge in [-0.15, -0.1) is 0 Å². The Morgan fingerprint density at radius 2 is 2.07 bits per heavy atom. The average Bonchev–Trinajstić information content (AvgIpc) is 3.25. The van der Waals surface area contributed by atoms with Gasteiger partial charge < -0.3 is 19.9 Å². The molecule has 3 rings (SSSR count). The Hall–Kier alpha value is -2.55. The number of ether oxygens (including phenoxy) is 1. The third kappa shape index (κ3) is 5.98. The Morgan fingerprint density at radius 1 is 1.30 bits per heavy atom. The molecule has 1 heterocycles. The molecule has 162 valence electrons. The maximum atomic E-state index is 13.8. The van der Waals surface area contributed by atoms with Crippen LogP contribution in [0.1, 0.15) is 40.0 Å². The van der Waals surface area contributed by atoms with Gasteiger partial charge in [-0.05, 0) is 70.0 Å². The second-order valence-electron chi connectivity index (χ2n) is 8.41. The van der Waals surface area contributed by atoms with Crippen LogP contribution in [0.2, 0.25) is 0 Å². The van der Waals surface area contributed by atoms with Crippen LogP contribution in [0.15, 0.2) is 40.6 Å². The van der Waals surface area contributed by atoms with Gasteiger partial charge in [0.1, 0.15) is 11.4 Å². The first-order valence-corrected chi connectivity index (χ1v) is 10.7. The summed E-state index contributed by atoms with van der Waals surface area (Å²) in [6.07, 6.45) is 4.87. The number of anilines is 1. The first-order valence-electron chi connectivity index (χ1n) is 9.86. The van der Waals surface area contributed by atoms with E-state index in [9.17, 15) is 14.0 Å². The normalized spacial score (nSPS) is 18.8. The van der Waals surface area contributed by atoms with Gasteiger partial charge in [0.2, 0.25) is 5.91 Å². The predicted molar refractivity (Wildman–Crippen MR) is 113 cm³/mol. The van der Waals surface area contributed by atoms with E-state index in [-0.39, 0.29) is 17.9 Å². The molecular formula is C21H27FN4O3S. The van der Waals surface area contributed by atoms with E-state index in [1.54, 1.807) is 33.0 Å². The first kappa shape index (κ1) is 22.1. The fourth-order valence-corrected chi connectivity index (χ4v) is 4.17. The second kappa shape index (κ2) is 9.07. The van der Waals surface area contributed by atoms with Crippen molar-refractivity contribution in [3.63, 3.8) is 0 Å². The smallest absolute Gasteiger partial charge is 0.407 e. The van der Waals surface area contributed by atoms with Crippen molar-refractivity contribution >= 4 is 29.4 Å². The molecule has 2 aromatic rings. The van der Waals surface area contributed by atoms with Crippen LogP contribution in [-0.4, -0.2) is 33.2 Å². The number of carbonyl (C=O) groups is 2. The summed E-state index contributed by atoms with van der Waals surface area (Å²) in [6.45, 7) is 5.41. The van der Waals surface area contributed by atoms with E-state index < -0.39 is 17.5 Å². The van der Waals surface area contributed by atoms with Gasteiger partial charge in [-0.25, -0.2) is 14.2 Å². The number of hydrogen-bond donors (Lipinski definition) is 2. The highest BCUT2D eigenvalue weighted by molar-refractivity contribution is 7.99. The van der Waals surface area contributed by atoms with Crippen molar-refractivity contribution in [2.24, 2.45) is 13.0 Å². The van der Waals surface area contributed by atoms with Crippen LogP contribution in [0.25, 0.3) is 0 Å². The number of imidazole rings is 1. The monoisotopic (exact) mass is 434 g/mol. The van der Waals surface area contributed by atoms with E-state index in [2.05, 4.69) is 15.6 Å². The summed E-state index contributed by atoms with van der Waals surface area (Å²) in [7, 11) is 1.87. The summed E-state index contributed by atoms with van der Waals surface area (Å²) in [4.78, 5) is 29.7. The summed E-state index contributed by atoms with van der Waals surface area (Å²) in [5.41, 5.74) is -0.158. The Morgan fingerprint density at radius 3 is 2.73 bits per heavy atom. The van der Waals surface area contributed by atoms with Crippen LogP contribution in [0.4, 0.5) is 14.9 Å². The molecule has 2 amide bonds. The molecule has 0 unspecified atom stereocenters. The van der Waals surface area contributed by atoms with E-state index in [1.165, 1.54) is 23.9 Å². The zero-order chi connectivity index (χ0) is 21.9. The Labute approximate surface area is 179 Å². The van der Waals surface area contributed by atoms with Gasteiger partial charge in [0.15, 0.2) is 5.16 Å². The molecule has 2 N–H and O–H groups in total. The first-order chi connectivity index (χ1) is 14.1. The lowest BCUT2D eigenvalue weighted by atomic mass is 10.1. The lowest BCUT2D eigenvalue weighted by Gasteiger charge is -2.21. The van der Waals surface area contributed by atoms with Gasteiger partial charge in [-0.2, -0.15) is 0 Å². The van der Waals surface area contributed by atoms with Gasteiger partial charge >= 0.3 is 6.09 Å². The Balaban J connectivity index is 1.62. The van der Waals surface area contributed by atoms with Gasteiger partial charge in [-0.3, -0.25) is 4.79 Å². The molecule has 0 saturated heterocycles. The number of nitrogens with zero attached hydrogens (tertiary/aromatic N) is 2. The van der Waals surface area contributed by atoms with Crippen LogP contribution >= 0.6 is 11.8 Å². The van der Waals surface area contributed by atoms with E-state index in [1.807, 2.05) is 17.8 Å². The average molecular weight is 435 g/mol.